The molecule has 1 aromatic heterocycles. The third kappa shape index (κ3) is 5.53. The normalized spacial score (nSPS) is 11.1. The summed E-state index contributed by atoms with van der Waals surface area (Å²) >= 11 is 5.79. The minimum Gasteiger partial charge on any atom is -0.493 e. The number of hydrogen-bond donors (Lipinski definition) is 2. The lowest BCUT2D eigenvalue weighted by Crippen LogP contribution is -2.37. The third-order valence-corrected chi connectivity index (χ3v) is 3.87. The molecule has 0 amide bonds. The van der Waals surface area contributed by atoms with Crippen LogP contribution in [0.25, 0.3) is 0 Å². The van der Waals surface area contributed by atoms with Gasteiger partial charge in [-0.1, -0.05) is 29.8 Å². The van der Waals surface area contributed by atoms with Gasteiger partial charge in [0.25, 0.3) is 0 Å². The van der Waals surface area contributed by atoms with E-state index in [0.717, 1.165) is 29.8 Å². The highest BCUT2D eigenvalue weighted by atomic mass is 35.5. The fraction of sp³-hybridized carbons (Fsp3) is 0.333. The molecule has 0 aliphatic rings. The monoisotopic (exact) mass is 362 g/mol. The summed E-state index contributed by atoms with van der Waals surface area (Å²) in [5.74, 6) is 2.15. The Labute approximate surface area is 153 Å². The lowest BCUT2D eigenvalue weighted by atomic mass is 10.2. The van der Waals surface area contributed by atoms with Crippen LogP contribution in [0.3, 0.4) is 0 Å². The molecule has 2 N–H and O–H groups in total. The van der Waals surface area contributed by atoms with E-state index < -0.39 is 0 Å². The van der Waals surface area contributed by atoms with Gasteiger partial charge in [0.05, 0.1) is 14.2 Å². The molecular formula is C18H23ClN4O2. The van der Waals surface area contributed by atoms with E-state index >= 15 is 0 Å². The molecule has 0 bridgehead atoms. The molecule has 6 nitrogen and oxygen atoms in total. The second-order valence-electron chi connectivity index (χ2n) is 5.24. The topological polar surface area (TPSA) is 67.8 Å². The van der Waals surface area contributed by atoms with Crippen molar-refractivity contribution in [2.75, 3.05) is 27.8 Å². The standard InChI is InChI=1S/C18H23ClN4O2/c1-20-18(21-10-9-13-7-8-16(19)22-11-13)23-12-14-5-4-6-15(24-2)17(14)25-3/h4-8,11H,9-10,12H2,1-3H3,(H2,20,21,23). The molecule has 0 saturated heterocycles. The Kier molecular flexibility index (Phi) is 7.35. The van der Waals surface area contributed by atoms with Gasteiger partial charge >= 0.3 is 0 Å². The number of nitrogens with zero attached hydrogens (tertiary/aromatic N) is 2. The number of halogens is 1. The molecule has 0 atom stereocenters. The first-order valence-electron chi connectivity index (χ1n) is 7.92. The average Bonchev–Trinajstić information content (AvgIpc) is 2.65. The first-order valence-corrected chi connectivity index (χ1v) is 8.30. The Morgan fingerprint density at radius 3 is 2.64 bits per heavy atom. The molecule has 25 heavy (non-hydrogen) atoms. The van der Waals surface area contributed by atoms with Crippen LogP contribution >= 0.6 is 11.6 Å². The fourth-order valence-electron chi connectivity index (χ4n) is 2.37. The molecule has 0 aliphatic carbocycles. The Bertz CT molecular complexity index is 705. The van der Waals surface area contributed by atoms with Gasteiger partial charge in [-0.15, -0.1) is 0 Å². The van der Waals surface area contributed by atoms with E-state index in [1.165, 1.54) is 0 Å². The molecule has 0 radical (unpaired) electrons. The van der Waals surface area contributed by atoms with Gasteiger partial charge in [-0.05, 0) is 24.1 Å². The van der Waals surface area contributed by atoms with Crippen LogP contribution in [0.4, 0.5) is 0 Å². The van der Waals surface area contributed by atoms with Crippen LogP contribution in [0.5, 0.6) is 11.5 Å². The van der Waals surface area contributed by atoms with Gasteiger partial charge in [-0.25, -0.2) is 4.98 Å². The van der Waals surface area contributed by atoms with Gasteiger partial charge in [0.2, 0.25) is 0 Å². The number of guanidine groups is 1. The van der Waals surface area contributed by atoms with Crippen molar-refractivity contribution in [1.82, 2.24) is 15.6 Å². The second-order valence-corrected chi connectivity index (χ2v) is 5.63. The maximum Gasteiger partial charge on any atom is 0.191 e. The SMILES string of the molecule is CN=C(NCCc1ccc(Cl)nc1)NCc1cccc(OC)c1OC. The van der Waals surface area contributed by atoms with Crippen LogP contribution in [-0.2, 0) is 13.0 Å². The molecule has 0 saturated carbocycles. The predicted molar refractivity (Wildman–Crippen MR) is 101 cm³/mol. The van der Waals surface area contributed by atoms with Gasteiger partial charge in [-0.2, -0.15) is 0 Å². The number of methoxy groups -OCH3 is 2. The Morgan fingerprint density at radius 2 is 2.00 bits per heavy atom. The van der Waals surface area contributed by atoms with Gasteiger partial charge in [0.1, 0.15) is 5.15 Å². The molecule has 0 fully saturated rings. The zero-order valence-corrected chi connectivity index (χ0v) is 15.4. The predicted octanol–water partition coefficient (Wildman–Crippen LogP) is 2.66. The zero-order valence-electron chi connectivity index (χ0n) is 14.7. The number of hydrogen-bond acceptors (Lipinski definition) is 4. The van der Waals surface area contributed by atoms with E-state index in [1.54, 1.807) is 33.5 Å². The maximum atomic E-state index is 5.79. The van der Waals surface area contributed by atoms with Crippen LogP contribution < -0.4 is 20.1 Å². The minimum atomic E-state index is 0.501. The van der Waals surface area contributed by atoms with Crippen molar-refractivity contribution in [3.63, 3.8) is 0 Å². The summed E-state index contributed by atoms with van der Waals surface area (Å²) in [5.41, 5.74) is 2.11. The summed E-state index contributed by atoms with van der Waals surface area (Å²) in [7, 11) is 5.00. The van der Waals surface area contributed by atoms with Crippen molar-refractivity contribution in [1.29, 1.82) is 0 Å². The highest BCUT2D eigenvalue weighted by molar-refractivity contribution is 6.29. The molecular weight excluding hydrogens is 340 g/mol. The summed E-state index contributed by atoms with van der Waals surface area (Å²) in [4.78, 5) is 8.31. The first-order chi connectivity index (χ1) is 12.2. The molecule has 0 unspecified atom stereocenters. The largest absolute Gasteiger partial charge is 0.493 e. The number of para-hydroxylation sites is 1. The number of benzene rings is 1. The van der Waals surface area contributed by atoms with Crippen molar-refractivity contribution < 1.29 is 9.47 Å². The summed E-state index contributed by atoms with van der Waals surface area (Å²) in [6.45, 7) is 1.31. The van der Waals surface area contributed by atoms with E-state index in [9.17, 15) is 0 Å². The van der Waals surface area contributed by atoms with E-state index in [4.69, 9.17) is 21.1 Å². The molecule has 2 rings (SSSR count). The Balaban J connectivity index is 1.87. The minimum absolute atomic E-state index is 0.501. The summed E-state index contributed by atoms with van der Waals surface area (Å²) < 4.78 is 10.8. The molecule has 0 aliphatic heterocycles. The maximum absolute atomic E-state index is 5.79. The van der Waals surface area contributed by atoms with Gasteiger partial charge in [-0.3, -0.25) is 4.99 Å². The molecule has 1 aromatic carbocycles. The Morgan fingerprint density at radius 1 is 1.16 bits per heavy atom. The van der Waals surface area contributed by atoms with Crippen LogP contribution in [0.15, 0.2) is 41.5 Å². The van der Waals surface area contributed by atoms with Gasteiger partial charge in [0.15, 0.2) is 17.5 Å². The van der Waals surface area contributed by atoms with Crippen molar-refractivity contribution in [3.05, 3.63) is 52.8 Å². The van der Waals surface area contributed by atoms with Crippen molar-refractivity contribution in [2.45, 2.75) is 13.0 Å². The van der Waals surface area contributed by atoms with Crippen LogP contribution in [0.1, 0.15) is 11.1 Å². The number of pyridine rings is 1. The number of ether oxygens (including phenoxy) is 2. The summed E-state index contributed by atoms with van der Waals surface area (Å²) in [5, 5.41) is 7.05. The lowest BCUT2D eigenvalue weighted by molar-refractivity contribution is 0.351. The number of aromatic nitrogens is 1. The fourth-order valence-corrected chi connectivity index (χ4v) is 2.48. The van der Waals surface area contributed by atoms with E-state index in [2.05, 4.69) is 20.6 Å². The quantitative estimate of drug-likeness (QED) is 0.450. The number of aliphatic imine (C=N–C) groups is 1. The molecule has 0 spiro atoms. The number of nitrogens with one attached hydrogen (secondary N) is 2. The number of rotatable bonds is 7. The molecule has 2 aromatic rings. The zero-order chi connectivity index (χ0) is 18.1. The molecule has 1 heterocycles. The van der Waals surface area contributed by atoms with E-state index in [0.29, 0.717) is 23.4 Å². The highest BCUT2D eigenvalue weighted by Crippen LogP contribution is 2.30. The second kappa shape index (κ2) is 9.74. The summed E-state index contributed by atoms with van der Waals surface area (Å²) in [6.07, 6.45) is 2.61. The van der Waals surface area contributed by atoms with Crippen molar-refractivity contribution in [3.8, 4) is 11.5 Å². The van der Waals surface area contributed by atoms with Crippen LogP contribution in [0.2, 0.25) is 5.15 Å². The average molecular weight is 363 g/mol. The van der Waals surface area contributed by atoms with Gasteiger partial charge in [0, 0.05) is 31.9 Å². The Hall–Kier alpha value is -2.47. The highest BCUT2D eigenvalue weighted by Gasteiger charge is 2.09. The van der Waals surface area contributed by atoms with E-state index in [-0.39, 0.29) is 0 Å². The van der Waals surface area contributed by atoms with E-state index in [1.807, 2.05) is 24.3 Å². The van der Waals surface area contributed by atoms with Crippen molar-refractivity contribution in [2.24, 2.45) is 4.99 Å². The van der Waals surface area contributed by atoms with Crippen molar-refractivity contribution >= 4 is 17.6 Å². The smallest absolute Gasteiger partial charge is 0.191 e. The molecule has 134 valence electrons. The first kappa shape index (κ1) is 18.9. The third-order valence-electron chi connectivity index (χ3n) is 3.65. The summed E-state index contributed by atoms with van der Waals surface area (Å²) in [6, 6.07) is 9.55. The lowest BCUT2D eigenvalue weighted by Gasteiger charge is -2.15. The van der Waals surface area contributed by atoms with Crippen LogP contribution in [0, 0.1) is 0 Å². The van der Waals surface area contributed by atoms with Gasteiger partial charge < -0.3 is 20.1 Å². The van der Waals surface area contributed by atoms with Crippen LogP contribution in [-0.4, -0.2) is 38.8 Å². The molecule has 7 heteroatoms.